The molecule has 4 nitrogen and oxygen atoms in total. The van der Waals surface area contributed by atoms with Crippen LogP contribution in [-0.2, 0) is 4.74 Å². The number of nitrogens with one attached hydrogen (secondary N) is 1. The molecule has 0 amide bonds. The monoisotopic (exact) mass is 156 g/mol. The smallest absolute Gasteiger partial charge is 0.153 e. The standard InChI is InChI=1S/C7H12N2O2/c1-6(8-5-10-2)7-3-4-9-11-7/h3-4,6,8H,5H2,1-2H3. The second-order valence-corrected chi connectivity index (χ2v) is 2.27. The van der Waals surface area contributed by atoms with Gasteiger partial charge in [-0.15, -0.1) is 0 Å². The Balaban J connectivity index is 2.36. The lowest BCUT2D eigenvalue weighted by atomic mass is 10.3. The highest BCUT2D eigenvalue weighted by Crippen LogP contribution is 2.09. The minimum atomic E-state index is 0.150. The molecule has 1 rings (SSSR count). The van der Waals surface area contributed by atoms with Crippen LogP contribution < -0.4 is 5.32 Å². The van der Waals surface area contributed by atoms with E-state index in [9.17, 15) is 0 Å². The molecule has 1 aromatic rings. The molecule has 0 saturated carbocycles. The molecular formula is C7H12N2O2. The van der Waals surface area contributed by atoms with Crippen LogP contribution in [0.3, 0.4) is 0 Å². The maximum absolute atomic E-state index is 4.92. The van der Waals surface area contributed by atoms with Crippen molar-refractivity contribution >= 4 is 0 Å². The zero-order valence-corrected chi connectivity index (χ0v) is 6.70. The molecule has 4 heteroatoms. The van der Waals surface area contributed by atoms with Crippen LogP contribution in [0.15, 0.2) is 16.8 Å². The van der Waals surface area contributed by atoms with Crippen molar-refractivity contribution in [3.63, 3.8) is 0 Å². The average molecular weight is 156 g/mol. The fourth-order valence-electron chi connectivity index (χ4n) is 0.758. The first kappa shape index (κ1) is 8.23. The number of hydrogen-bond donors (Lipinski definition) is 1. The van der Waals surface area contributed by atoms with Crippen molar-refractivity contribution in [3.8, 4) is 0 Å². The van der Waals surface area contributed by atoms with E-state index >= 15 is 0 Å². The molecular weight excluding hydrogens is 144 g/mol. The molecule has 0 aliphatic rings. The minimum Gasteiger partial charge on any atom is -0.370 e. The number of ether oxygens (including phenoxy) is 1. The fourth-order valence-corrected chi connectivity index (χ4v) is 0.758. The SMILES string of the molecule is COCNC(C)c1ccno1. The van der Waals surface area contributed by atoms with Gasteiger partial charge in [0.15, 0.2) is 5.76 Å². The van der Waals surface area contributed by atoms with Gasteiger partial charge in [-0.3, -0.25) is 5.32 Å². The van der Waals surface area contributed by atoms with Crippen LogP contribution in [0.2, 0.25) is 0 Å². The van der Waals surface area contributed by atoms with E-state index in [-0.39, 0.29) is 6.04 Å². The first-order valence-electron chi connectivity index (χ1n) is 3.47. The lowest BCUT2D eigenvalue weighted by molar-refractivity contribution is 0.160. The summed E-state index contributed by atoms with van der Waals surface area (Å²) in [7, 11) is 1.64. The van der Waals surface area contributed by atoms with Gasteiger partial charge in [0.1, 0.15) is 0 Å². The van der Waals surface area contributed by atoms with Crippen LogP contribution in [0, 0.1) is 0 Å². The van der Waals surface area contributed by atoms with Gasteiger partial charge in [-0.2, -0.15) is 0 Å². The van der Waals surface area contributed by atoms with Crippen molar-refractivity contribution in [3.05, 3.63) is 18.0 Å². The van der Waals surface area contributed by atoms with E-state index < -0.39 is 0 Å². The van der Waals surface area contributed by atoms with Gasteiger partial charge in [-0.1, -0.05) is 5.16 Å². The van der Waals surface area contributed by atoms with Gasteiger partial charge in [0.2, 0.25) is 0 Å². The molecule has 1 aromatic heterocycles. The Morgan fingerprint density at radius 1 is 1.82 bits per heavy atom. The van der Waals surface area contributed by atoms with Crippen LogP contribution in [0.25, 0.3) is 0 Å². The summed E-state index contributed by atoms with van der Waals surface area (Å²) < 4.78 is 9.76. The summed E-state index contributed by atoms with van der Waals surface area (Å²) in [5.41, 5.74) is 0. The normalized spacial score (nSPS) is 13.3. The van der Waals surface area contributed by atoms with Crippen LogP contribution in [0.5, 0.6) is 0 Å². The number of hydrogen-bond acceptors (Lipinski definition) is 4. The Morgan fingerprint density at radius 3 is 3.18 bits per heavy atom. The third kappa shape index (κ3) is 2.32. The molecule has 62 valence electrons. The number of aromatic nitrogens is 1. The molecule has 0 fully saturated rings. The molecule has 0 spiro atoms. The van der Waals surface area contributed by atoms with Crippen molar-refractivity contribution in [2.24, 2.45) is 0 Å². The van der Waals surface area contributed by atoms with E-state index in [2.05, 4.69) is 10.5 Å². The number of nitrogens with zero attached hydrogens (tertiary/aromatic N) is 1. The summed E-state index contributed by atoms with van der Waals surface area (Å²) in [5, 5.41) is 6.67. The highest BCUT2D eigenvalue weighted by Gasteiger charge is 2.06. The van der Waals surface area contributed by atoms with Crippen LogP contribution in [-0.4, -0.2) is 19.0 Å². The van der Waals surface area contributed by atoms with Gasteiger partial charge in [-0.05, 0) is 6.92 Å². The van der Waals surface area contributed by atoms with E-state index in [0.29, 0.717) is 6.73 Å². The lowest BCUT2D eigenvalue weighted by Crippen LogP contribution is -2.20. The van der Waals surface area contributed by atoms with Gasteiger partial charge in [-0.25, -0.2) is 0 Å². The summed E-state index contributed by atoms with van der Waals surface area (Å²) in [5.74, 6) is 0.821. The molecule has 1 unspecified atom stereocenters. The van der Waals surface area contributed by atoms with Crippen LogP contribution in [0.4, 0.5) is 0 Å². The molecule has 0 aliphatic heterocycles. The number of rotatable bonds is 4. The molecule has 0 saturated heterocycles. The zero-order chi connectivity index (χ0) is 8.10. The van der Waals surface area contributed by atoms with E-state index in [1.54, 1.807) is 13.3 Å². The lowest BCUT2D eigenvalue weighted by Gasteiger charge is -2.08. The molecule has 0 aromatic carbocycles. The second kappa shape index (κ2) is 4.10. The summed E-state index contributed by atoms with van der Waals surface area (Å²) in [6.07, 6.45) is 1.63. The van der Waals surface area contributed by atoms with Crippen molar-refractivity contribution in [1.29, 1.82) is 0 Å². The van der Waals surface area contributed by atoms with Crippen LogP contribution in [0.1, 0.15) is 18.7 Å². The number of methoxy groups -OCH3 is 1. The predicted octanol–water partition coefficient (Wildman–Crippen LogP) is 0.929. The average Bonchev–Trinajstić information content (AvgIpc) is 2.52. The fraction of sp³-hybridized carbons (Fsp3) is 0.571. The Bertz CT molecular complexity index is 186. The largest absolute Gasteiger partial charge is 0.370 e. The predicted molar refractivity (Wildman–Crippen MR) is 39.9 cm³/mol. The molecule has 1 heterocycles. The van der Waals surface area contributed by atoms with Gasteiger partial charge in [0.25, 0.3) is 0 Å². The van der Waals surface area contributed by atoms with E-state index in [1.165, 1.54) is 0 Å². The van der Waals surface area contributed by atoms with Gasteiger partial charge in [0, 0.05) is 13.2 Å². The third-order valence-electron chi connectivity index (χ3n) is 1.42. The summed E-state index contributed by atoms with van der Waals surface area (Å²) >= 11 is 0. The molecule has 1 N–H and O–H groups in total. The van der Waals surface area contributed by atoms with Crippen LogP contribution >= 0.6 is 0 Å². The van der Waals surface area contributed by atoms with Crippen molar-refractivity contribution in [1.82, 2.24) is 10.5 Å². The Morgan fingerprint density at radius 2 is 2.64 bits per heavy atom. The minimum absolute atomic E-state index is 0.150. The van der Waals surface area contributed by atoms with Gasteiger partial charge in [0.05, 0.1) is 19.0 Å². The second-order valence-electron chi connectivity index (χ2n) is 2.27. The molecule has 0 radical (unpaired) electrons. The van der Waals surface area contributed by atoms with Gasteiger partial charge >= 0.3 is 0 Å². The molecule has 0 aliphatic carbocycles. The zero-order valence-electron chi connectivity index (χ0n) is 6.70. The van der Waals surface area contributed by atoms with Gasteiger partial charge < -0.3 is 9.26 Å². The third-order valence-corrected chi connectivity index (χ3v) is 1.42. The highest BCUT2D eigenvalue weighted by atomic mass is 16.5. The van der Waals surface area contributed by atoms with E-state index in [1.807, 2.05) is 13.0 Å². The Kier molecular flexibility index (Phi) is 3.07. The highest BCUT2D eigenvalue weighted by molar-refractivity contribution is 4.98. The van der Waals surface area contributed by atoms with Crippen molar-refractivity contribution in [2.45, 2.75) is 13.0 Å². The summed E-state index contributed by atoms with van der Waals surface area (Å²) in [4.78, 5) is 0. The Labute approximate surface area is 65.5 Å². The molecule has 1 atom stereocenters. The van der Waals surface area contributed by atoms with Crippen molar-refractivity contribution in [2.75, 3.05) is 13.8 Å². The molecule has 11 heavy (non-hydrogen) atoms. The quantitative estimate of drug-likeness (QED) is 0.659. The summed E-state index contributed by atoms with van der Waals surface area (Å²) in [6, 6.07) is 1.98. The maximum atomic E-state index is 4.92. The van der Waals surface area contributed by atoms with E-state index in [4.69, 9.17) is 9.26 Å². The summed E-state index contributed by atoms with van der Waals surface area (Å²) in [6.45, 7) is 2.50. The van der Waals surface area contributed by atoms with E-state index in [0.717, 1.165) is 5.76 Å². The van der Waals surface area contributed by atoms with Crippen molar-refractivity contribution < 1.29 is 9.26 Å². The first-order chi connectivity index (χ1) is 5.34. The Hall–Kier alpha value is -0.870. The first-order valence-corrected chi connectivity index (χ1v) is 3.47. The topological polar surface area (TPSA) is 47.3 Å². The molecule has 0 bridgehead atoms. The maximum Gasteiger partial charge on any atom is 0.153 e.